The van der Waals surface area contributed by atoms with Crippen molar-refractivity contribution in [2.24, 2.45) is 0 Å². The van der Waals surface area contributed by atoms with E-state index in [1.165, 1.54) is 11.3 Å². The monoisotopic (exact) mass is 319 g/mol. The molecule has 2 aromatic rings. The van der Waals surface area contributed by atoms with Gasteiger partial charge in [-0.2, -0.15) is 22.5 Å². The summed E-state index contributed by atoms with van der Waals surface area (Å²) in [6.07, 6.45) is 0. The predicted octanol–water partition coefficient (Wildman–Crippen LogP) is 3.41. The van der Waals surface area contributed by atoms with Gasteiger partial charge in [0.2, 0.25) is 11.6 Å². The highest BCUT2D eigenvalue weighted by Gasteiger charge is 2.22. The number of hydrogen-bond acceptors (Lipinski definition) is 4. The summed E-state index contributed by atoms with van der Waals surface area (Å²) >= 11 is 1.48. The Kier molecular flexibility index (Phi) is 4.79. The molecule has 0 amide bonds. The molecule has 0 radical (unpaired) electrons. The van der Waals surface area contributed by atoms with Gasteiger partial charge in [0, 0.05) is 11.4 Å². The number of thiophene rings is 1. The van der Waals surface area contributed by atoms with Gasteiger partial charge in [0.05, 0.1) is 6.04 Å². The Morgan fingerprint density at radius 1 is 1.19 bits per heavy atom. The lowest BCUT2D eigenvalue weighted by molar-refractivity contribution is 0.315. The second-order valence-corrected chi connectivity index (χ2v) is 5.55. The third kappa shape index (κ3) is 3.33. The van der Waals surface area contributed by atoms with Crippen molar-refractivity contribution < 1.29 is 17.6 Å². The van der Waals surface area contributed by atoms with Crippen LogP contribution in [0.4, 0.5) is 23.2 Å². The molecule has 0 spiro atoms. The minimum Gasteiger partial charge on any atom is -0.378 e. The van der Waals surface area contributed by atoms with Gasteiger partial charge in [0.15, 0.2) is 0 Å². The van der Waals surface area contributed by atoms with Crippen LogP contribution in [0.1, 0.15) is 10.9 Å². The molecule has 0 saturated heterocycles. The lowest BCUT2D eigenvalue weighted by atomic mass is 10.2. The van der Waals surface area contributed by atoms with Crippen molar-refractivity contribution in [2.75, 3.05) is 26.0 Å². The van der Waals surface area contributed by atoms with E-state index in [9.17, 15) is 17.6 Å². The zero-order valence-corrected chi connectivity index (χ0v) is 12.1. The van der Waals surface area contributed by atoms with Crippen molar-refractivity contribution in [3.05, 3.63) is 45.9 Å². The topological polar surface area (TPSA) is 28.2 Å². The minimum atomic E-state index is -1.67. The number of nitrogens with zero attached hydrogens (tertiary/aromatic N) is 2. The average Bonchev–Trinajstić information content (AvgIpc) is 2.94. The van der Waals surface area contributed by atoms with E-state index in [0.717, 1.165) is 4.88 Å². The number of halogens is 4. The quantitative estimate of drug-likeness (QED) is 0.676. The maximum Gasteiger partial charge on any atom is 0.253 e. The number of hydrogen-bond donors (Lipinski definition) is 1. The molecule has 0 aliphatic rings. The van der Waals surface area contributed by atoms with Crippen molar-refractivity contribution in [1.82, 2.24) is 9.88 Å². The van der Waals surface area contributed by atoms with Crippen LogP contribution in [-0.4, -0.2) is 30.5 Å². The van der Waals surface area contributed by atoms with Crippen molar-refractivity contribution in [2.45, 2.75) is 6.04 Å². The second-order valence-electron chi connectivity index (χ2n) is 4.57. The summed E-state index contributed by atoms with van der Waals surface area (Å²) in [5.74, 6) is -6.40. The largest absolute Gasteiger partial charge is 0.378 e. The first-order valence-corrected chi connectivity index (χ1v) is 6.93. The normalized spacial score (nSPS) is 12.7. The highest BCUT2D eigenvalue weighted by atomic mass is 32.1. The van der Waals surface area contributed by atoms with Crippen LogP contribution in [0.2, 0.25) is 0 Å². The summed E-state index contributed by atoms with van der Waals surface area (Å²) < 4.78 is 53.1. The molecule has 1 atom stereocenters. The summed E-state index contributed by atoms with van der Waals surface area (Å²) in [5.41, 5.74) is -0.844. The molecule has 8 heteroatoms. The summed E-state index contributed by atoms with van der Waals surface area (Å²) in [6.45, 7) is 0.0875. The van der Waals surface area contributed by atoms with Crippen molar-refractivity contribution in [1.29, 1.82) is 0 Å². The molecule has 2 rings (SSSR count). The Bertz CT molecular complexity index is 590. The fourth-order valence-corrected chi connectivity index (χ4v) is 2.78. The van der Waals surface area contributed by atoms with E-state index in [1.807, 2.05) is 22.4 Å². The third-order valence-electron chi connectivity index (χ3n) is 2.96. The molecule has 0 unspecified atom stereocenters. The smallest absolute Gasteiger partial charge is 0.253 e. The van der Waals surface area contributed by atoms with Crippen LogP contribution in [0.5, 0.6) is 0 Å². The lowest BCUT2D eigenvalue weighted by Crippen LogP contribution is -2.27. The standard InChI is InChI=1S/C13H13F4N3S/c1-20(2)7(8-4-3-5-21-8)6-18-11-9(14)12(16)19-13(17)10(11)15/h3-5,7H,6H2,1-2H3,(H,18,19)/t7-/m1/s1. The molecule has 0 bridgehead atoms. The molecule has 2 heterocycles. The molecule has 2 aromatic heterocycles. The molecule has 21 heavy (non-hydrogen) atoms. The van der Waals surface area contributed by atoms with E-state index in [1.54, 1.807) is 14.1 Å². The molecule has 0 aromatic carbocycles. The molecule has 0 fully saturated rings. The fourth-order valence-electron chi connectivity index (χ4n) is 1.86. The van der Waals surface area contributed by atoms with Gasteiger partial charge in [-0.3, -0.25) is 0 Å². The Balaban J connectivity index is 2.23. The van der Waals surface area contributed by atoms with E-state index < -0.39 is 29.2 Å². The van der Waals surface area contributed by atoms with E-state index >= 15 is 0 Å². The molecule has 0 aliphatic heterocycles. The molecular weight excluding hydrogens is 306 g/mol. The first-order chi connectivity index (χ1) is 9.91. The Morgan fingerprint density at radius 3 is 2.29 bits per heavy atom. The molecule has 0 saturated carbocycles. The van der Waals surface area contributed by atoms with Gasteiger partial charge < -0.3 is 10.2 Å². The summed E-state index contributed by atoms with van der Waals surface area (Å²) in [4.78, 5) is 5.31. The zero-order valence-electron chi connectivity index (χ0n) is 11.3. The van der Waals surface area contributed by atoms with E-state index in [-0.39, 0.29) is 12.6 Å². The maximum absolute atomic E-state index is 13.5. The van der Waals surface area contributed by atoms with Gasteiger partial charge in [-0.05, 0) is 25.5 Å². The Hall–Kier alpha value is -1.67. The lowest BCUT2D eigenvalue weighted by Gasteiger charge is -2.24. The highest BCUT2D eigenvalue weighted by molar-refractivity contribution is 7.10. The van der Waals surface area contributed by atoms with Crippen LogP contribution < -0.4 is 5.32 Å². The number of pyridine rings is 1. The van der Waals surface area contributed by atoms with Crippen LogP contribution in [0, 0.1) is 23.5 Å². The second kappa shape index (κ2) is 6.40. The van der Waals surface area contributed by atoms with Crippen LogP contribution in [0.15, 0.2) is 17.5 Å². The van der Waals surface area contributed by atoms with Gasteiger partial charge in [-0.1, -0.05) is 6.07 Å². The summed E-state index contributed by atoms with van der Waals surface area (Å²) in [7, 11) is 3.60. The number of aromatic nitrogens is 1. The van der Waals surface area contributed by atoms with Gasteiger partial charge in [0.1, 0.15) is 5.69 Å². The predicted molar refractivity (Wildman–Crippen MR) is 73.3 cm³/mol. The highest BCUT2D eigenvalue weighted by Crippen LogP contribution is 2.26. The average molecular weight is 319 g/mol. The Labute approximate surface area is 123 Å². The van der Waals surface area contributed by atoms with Crippen molar-refractivity contribution in [3.8, 4) is 0 Å². The molecule has 3 nitrogen and oxygen atoms in total. The van der Waals surface area contributed by atoms with E-state index in [0.29, 0.717) is 0 Å². The van der Waals surface area contributed by atoms with Crippen LogP contribution >= 0.6 is 11.3 Å². The molecule has 114 valence electrons. The third-order valence-corrected chi connectivity index (χ3v) is 3.94. The van der Waals surface area contributed by atoms with Crippen molar-refractivity contribution >= 4 is 17.0 Å². The minimum absolute atomic E-state index is 0.0875. The van der Waals surface area contributed by atoms with E-state index in [2.05, 4.69) is 10.3 Å². The van der Waals surface area contributed by atoms with Gasteiger partial charge in [-0.15, -0.1) is 11.3 Å². The molecular formula is C13H13F4N3S. The summed E-state index contributed by atoms with van der Waals surface area (Å²) in [6, 6.07) is 3.53. The SMILES string of the molecule is CN(C)[C@H](CNc1c(F)c(F)nc(F)c1F)c1cccs1. The van der Waals surface area contributed by atoms with Crippen molar-refractivity contribution in [3.63, 3.8) is 0 Å². The fraction of sp³-hybridized carbons (Fsp3) is 0.308. The van der Waals surface area contributed by atoms with Gasteiger partial charge in [0.25, 0.3) is 11.9 Å². The van der Waals surface area contributed by atoms with Crippen LogP contribution in [0.3, 0.4) is 0 Å². The number of rotatable bonds is 5. The van der Waals surface area contributed by atoms with E-state index in [4.69, 9.17) is 0 Å². The molecule has 1 N–H and O–H groups in total. The molecule has 0 aliphatic carbocycles. The number of nitrogens with one attached hydrogen (secondary N) is 1. The Morgan fingerprint density at radius 2 is 1.81 bits per heavy atom. The van der Waals surface area contributed by atoms with Crippen LogP contribution in [-0.2, 0) is 0 Å². The van der Waals surface area contributed by atoms with Gasteiger partial charge in [-0.25, -0.2) is 0 Å². The first kappa shape index (κ1) is 15.7. The number of likely N-dealkylation sites (N-methyl/N-ethyl adjacent to an activating group) is 1. The zero-order chi connectivity index (χ0) is 15.6. The van der Waals surface area contributed by atoms with Crippen LogP contribution in [0.25, 0.3) is 0 Å². The van der Waals surface area contributed by atoms with Gasteiger partial charge >= 0.3 is 0 Å². The number of anilines is 1. The first-order valence-electron chi connectivity index (χ1n) is 6.05. The summed E-state index contributed by atoms with van der Waals surface area (Å²) in [5, 5.41) is 4.30. The maximum atomic E-state index is 13.5.